The summed E-state index contributed by atoms with van der Waals surface area (Å²) in [4.78, 5) is 18.2. The molecule has 2 saturated carbocycles. The Bertz CT molecular complexity index is 680. The quantitative estimate of drug-likeness (QED) is 0.733. The van der Waals surface area contributed by atoms with Crippen LogP contribution in [-0.2, 0) is 4.79 Å². The molecule has 2 aliphatic carbocycles. The summed E-state index contributed by atoms with van der Waals surface area (Å²) in [5.74, 6) is 0.761. The molecule has 27 heavy (non-hydrogen) atoms. The van der Waals surface area contributed by atoms with Crippen molar-refractivity contribution in [1.29, 1.82) is 0 Å². The number of hydrogen-bond donors (Lipinski definition) is 3. The smallest absolute Gasteiger partial charge is 0.300 e. The molecule has 3 N–H and O–H groups in total. The van der Waals surface area contributed by atoms with Gasteiger partial charge in [-0.15, -0.1) is 0 Å². The van der Waals surface area contributed by atoms with Gasteiger partial charge in [0.15, 0.2) is 11.6 Å². The average molecular weight is 376 g/mol. The molecule has 0 radical (unpaired) electrons. The first kappa shape index (κ1) is 19.3. The zero-order chi connectivity index (χ0) is 19.1. The van der Waals surface area contributed by atoms with Gasteiger partial charge >= 0.3 is 0 Å². The lowest BCUT2D eigenvalue weighted by atomic mass is 9.95. The van der Waals surface area contributed by atoms with Crippen molar-refractivity contribution in [3.05, 3.63) is 0 Å². The van der Waals surface area contributed by atoms with E-state index < -0.39 is 5.97 Å². The minimum Gasteiger partial charge on any atom is -0.481 e. The fraction of sp³-hybridized carbons (Fsp3) is 0.722. The number of carboxylic acids is 1. The molecule has 4 rings (SSSR count). The van der Waals surface area contributed by atoms with Crippen molar-refractivity contribution in [3.8, 4) is 0 Å². The lowest BCUT2D eigenvalue weighted by Gasteiger charge is -2.27. The van der Waals surface area contributed by atoms with Crippen LogP contribution in [0.4, 0.5) is 11.6 Å². The predicted molar refractivity (Wildman–Crippen MR) is 102 cm³/mol. The predicted octanol–water partition coefficient (Wildman–Crippen LogP) is 3.59. The van der Waals surface area contributed by atoms with Gasteiger partial charge in [-0.05, 0) is 36.0 Å². The number of nitrogens with zero attached hydrogens (tertiary/aromatic N) is 4. The molecule has 9 nitrogen and oxygen atoms in total. The standard InChI is InChI=1S/C16H24N6O.C2H4O2/c1-3-7-11(8-4-1)17-13-14(18-12-9-5-2-6-10-12)20-16-15(19-13)21-23-22-16;1-2(3)4/h11-12H,1-10H2,(H,17,19,21)(H,18,20,22);1H3,(H,3,4). The highest BCUT2D eigenvalue weighted by Crippen LogP contribution is 2.28. The van der Waals surface area contributed by atoms with Crippen molar-refractivity contribution in [2.75, 3.05) is 10.6 Å². The van der Waals surface area contributed by atoms with Gasteiger partial charge in [0.2, 0.25) is 11.3 Å². The van der Waals surface area contributed by atoms with Crippen molar-refractivity contribution in [2.24, 2.45) is 0 Å². The number of rotatable bonds is 4. The molecule has 0 spiro atoms. The topological polar surface area (TPSA) is 126 Å². The summed E-state index contributed by atoms with van der Waals surface area (Å²) in [5.41, 5.74) is 0.940. The van der Waals surface area contributed by atoms with Crippen LogP contribution in [-0.4, -0.2) is 43.4 Å². The zero-order valence-corrected chi connectivity index (χ0v) is 15.8. The lowest BCUT2D eigenvalue weighted by Crippen LogP contribution is -2.27. The molecule has 0 aliphatic heterocycles. The van der Waals surface area contributed by atoms with E-state index in [0.29, 0.717) is 23.4 Å². The van der Waals surface area contributed by atoms with Gasteiger partial charge in [0.1, 0.15) is 0 Å². The average Bonchev–Trinajstić information content (AvgIpc) is 3.10. The maximum absolute atomic E-state index is 9.00. The number of carbonyl (C=O) groups is 1. The van der Waals surface area contributed by atoms with Crippen LogP contribution < -0.4 is 10.6 Å². The number of hydrogen-bond acceptors (Lipinski definition) is 8. The van der Waals surface area contributed by atoms with Crippen LogP contribution in [0, 0.1) is 0 Å². The largest absolute Gasteiger partial charge is 0.481 e. The minimum atomic E-state index is -0.833. The molecule has 2 aliphatic rings. The van der Waals surface area contributed by atoms with Gasteiger partial charge < -0.3 is 15.7 Å². The molecule has 2 aromatic heterocycles. The molecular formula is C18H28N6O3. The second-order valence-electron chi connectivity index (χ2n) is 7.31. The molecule has 2 aromatic rings. The van der Waals surface area contributed by atoms with E-state index in [-0.39, 0.29) is 0 Å². The molecule has 0 amide bonds. The van der Waals surface area contributed by atoms with E-state index in [1.54, 1.807) is 0 Å². The number of nitrogens with one attached hydrogen (secondary N) is 2. The van der Waals surface area contributed by atoms with Gasteiger partial charge in [0.05, 0.1) is 0 Å². The molecular weight excluding hydrogens is 348 g/mol. The monoisotopic (exact) mass is 376 g/mol. The highest BCUT2D eigenvalue weighted by atomic mass is 16.6. The summed E-state index contributed by atoms with van der Waals surface area (Å²) in [7, 11) is 0. The van der Waals surface area contributed by atoms with Gasteiger partial charge in [-0.2, -0.15) is 0 Å². The van der Waals surface area contributed by atoms with E-state index in [9.17, 15) is 0 Å². The normalized spacial score (nSPS) is 18.6. The van der Waals surface area contributed by atoms with E-state index in [1.807, 2.05) is 0 Å². The first-order valence-corrected chi connectivity index (χ1v) is 9.84. The number of anilines is 2. The van der Waals surface area contributed by atoms with Crippen LogP contribution in [0.2, 0.25) is 0 Å². The van der Waals surface area contributed by atoms with Crippen molar-refractivity contribution in [1.82, 2.24) is 20.3 Å². The van der Waals surface area contributed by atoms with Gasteiger partial charge in [0, 0.05) is 19.0 Å². The molecule has 0 saturated heterocycles. The Morgan fingerprint density at radius 1 is 0.852 bits per heavy atom. The second-order valence-corrected chi connectivity index (χ2v) is 7.31. The van der Waals surface area contributed by atoms with Crippen LogP contribution in [0.5, 0.6) is 0 Å². The van der Waals surface area contributed by atoms with Gasteiger partial charge in [-0.25, -0.2) is 14.6 Å². The number of aliphatic carboxylic acids is 1. The van der Waals surface area contributed by atoms with Crippen LogP contribution in [0.25, 0.3) is 11.3 Å². The maximum Gasteiger partial charge on any atom is 0.300 e. The van der Waals surface area contributed by atoms with E-state index in [2.05, 4.69) is 30.9 Å². The van der Waals surface area contributed by atoms with Crippen molar-refractivity contribution in [2.45, 2.75) is 83.2 Å². The minimum absolute atomic E-state index is 0.470. The highest BCUT2D eigenvalue weighted by Gasteiger charge is 2.21. The second kappa shape index (κ2) is 9.48. The van der Waals surface area contributed by atoms with Gasteiger partial charge in [-0.1, -0.05) is 38.5 Å². The fourth-order valence-electron chi connectivity index (χ4n) is 3.72. The van der Waals surface area contributed by atoms with Crippen LogP contribution >= 0.6 is 0 Å². The molecule has 0 bridgehead atoms. The molecule has 148 valence electrons. The fourth-order valence-corrected chi connectivity index (χ4v) is 3.72. The third kappa shape index (κ3) is 5.77. The van der Waals surface area contributed by atoms with E-state index >= 15 is 0 Å². The van der Waals surface area contributed by atoms with Crippen LogP contribution in [0.15, 0.2) is 4.63 Å². The van der Waals surface area contributed by atoms with Crippen molar-refractivity contribution in [3.63, 3.8) is 0 Å². The lowest BCUT2D eigenvalue weighted by molar-refractivity contribution is -0.134. The molecule has 9 heteroatoms. The Hall–Kier alpha value is -2.45. The summed E-state index contributed by atoms with van der Waals surface area (Å²) in [6.45, 7) is 1.08. The Labute approximate surface area is 158 Å². The Morgan fingerprint density at radius 2 is 1.22 bits per heavy atom. The SMILES string of the molecule is C1CCC(Nc2nc3nonc3nc2NC2CCCCC2)CC1.CC(=O)O. The summed E-state index contributed by atoms with van der Waals surface area (Å²) in [6.07, 6.45) is 12.6. The summed E-state index contributed by atoms with van der Waals surface area (Å²) in [5, 5.41) is 22.2. The molecule has 0 aromatic carbocycles. The van der Waals surface area contributed by atoms with E-state index in [4.69, 9.17) is 14.5 Å². The van der Waals surface area contributed by atoms with E-state index in [0.717, 1.165) is 18.6 Å². The molecule has 0 unspecified atom stereocenters. The van der Waals surface area contributed by atoms with E-state index in [1.165, 1.54) is 64.2 Å². The maximum atomic E-state index is 9.00. The number of aromatic nitrogens is 4. The zero-order valence-electron chi connectivity index (χ0n) is 15.8. The Morgan fingerprint density at radius 3 is 1.59 bits per heavy atom. The summed E-state index contributed by atoms with van der Waals surface area (Å²) in [6, 6.07) is 0.949. The van der Waals surface area contributed by atoms with Crippen molar-refractivity contribution >= 4 is 28.9 Å². The summed E-state index contributed by atoms with van der Waals surface area (Å²) >= 11 is 0. The first-order valence-electron chi connectivity index (χ1n) is 9.84. The van der Waals surface area contributed by atoms with Gasteiger partial charge in [-0.3, -0.25) is 4.79 Å². The molecule has 0 atom stereocenters. The highest BCUT2D eigenvalue weighted by molar-refractivity contribution is 5.73. The van der Waals surface area contributed by atoms with Crippen molar-refractivity contribution < 1.29 is 14.5 Å². The Balaban J connectivity index is 0.000000481. The number of fused-ring (bicyclic) bond motifs is 1. The number of carboxylic acid groups (broad SMARTS) is 1. The van der Waals surface area contributed by atoms with Crippen LogP contribution in [0.3, 0.4) is 0 Å². The third-order valence-electron chi connectivity index (χ3n) is 5.01. The summed E-state index contributed by atoms with van der Waals surface area (Å²) < 4.78 is 4.77. The molecule has 2 fully saturated rings. The van der Waals surface area contributed by atoms with Gasteiger partial charge in [0.25, 0.3) is 5.97 Å². The first-order chi connectivity index (χ1) is 13.1. The molecule has 2 heterocycles. The third-order valence-corrected chi connectivity index (χ3v) is 5.01. The van der Waals surface area contributed by atoms with Crippen LogP contribution in [0.1, 0.15) is 71.1 Å². The Kier molecular flexibility index (Phi) is 6.78.